The Labute approximate surface area is 227 Å². The van der Waals surface area contributed by atoms with Gasteiger partial charge in [-0.1, -0.05) is 25.5 Å². The second kappa shape index (κ2) is 10.8. The Morgan fingerprint density at radius 2 is 1.72 bits per heavy atom. The van der Waals surface area contributed by atoms with Gasteiger partial charge in [-0.25, -0.2) is 4.79 Å². The van der Waals surface area contributed by atoms with Gasteiger partial charge in [0.2, 0.25) is 5.76 Å². The number of esters is 1. The van der Waals surface area contributed by atoms with Crippen LogP contribution >= 0.6 is 0 Å². The highest BCUT2D eigenvalue weighted by Crippen LogP contribution is 2.42. The maximum Gasteiger partial charge on any atom is 0.338 e. The lowest BCUT2D eigenvalue weighted by molar-refractivity contribution is 0.0526. The highest BCUT2D eigenvalue weighted by molar-refractivity contribution is 6.11. The van der Waals surface area contributed by atoms with Gasteiger partial charge in [-0.2, -0.15) is 0 Å². The highest BCUT2D eigenvalue weighted by Gasteiger charge is 2.43. The molecule has 1 unspecified atom stereocenters. The molecular weight excluding hydrogens is 494 g/mol. The summed E-state index contributed by atoms with van der Waals surface area (Å²) < 4.78 is 17.2. The van der Waals surface area contributed by atoms with E-state index in [1.54, 1.807) is 42.2 Å². The number of fused-ring (bicyclic) bond motifs is 2. The van der Waals surface area contributed by atoms with Crippen molar-refractivity contribution >= 4 is 28.5 Å². The minimum Gasteiger partial charge on any atom is -0.494 e. The molecule has 0 radical (unpaired) electrons. The van der Waals surface area contributed by atoms with Gasteiger partial charge < -0.3 is 13.9 Å². The number of amides is 1. The number of carbonyl (C=O) groups is 2. The van der Waals surface area contributed by atoms with Crippen molar-refractivity contribution < 1.29 is 23.5 Å². The molecule has 0 bridgehead atoms. The van der Waals surface area contributed by atoms with Gasteiger partial charge >= 0.3 is 5.97 Å². The monoisotopic (exact) mass is 525 g/mol. The summed E-state index contributed by atoms with van der Waals surface area (Å²) in [4.78, 5) is 41.6. The van der Waals surface area contributed by atoms with Crippen LogP contribution in [0.4, 0.5) is 5.69 Å². The number of nitrogens with zero attached hydrogens (tertiary/aromatic N) is 1. The number of carbonyl (C=O) groups excluding carboxylic acids is 2. The average Bonchev–Trinajstić information content (AvgIpc) is 3.23. The Morgan fingerprint density at radius 1 is 0.974 bits per heavy atom. The standard InChI is InChI=1S/C32H31NO6/c1-5-7-15-38-24-10-8-9-22(18-24)28-27-29(34)25-16-19(3)20(4)17-26(25)39-30(27)31(35)33(28)23-13-11-21(12-14-23)32(36)37-6-2/h8-14,16-18,28H,5-7,15H2,1-4H3. The number of hydrogen-bond donors (Lipinski definition) is 0. The summed E-state index contributed by atoms with van der Waals surface area (Å²) in [5.74, 6) is -0.181. The van der Waals surface area contributed by atoms with E-state index in [9.17, 15) is 14.4 Å². The Morgan fingerprint density at radius 3 is 2.44 bits per heavy atom. The van der Waals surface area contributed by atoms with E-state index in [0.717, 1.165) is 29.5 Å². The minimum absolute atomic E-state index is 0.0209. The zero-order valence-electron chi connectivity index (χ0n) is 22.6. The van der Waals surface area contributed by atoms with E-state index in [4.69, 9.17) is 13.9 Å². The second-order valence-electron chi connectivity index (χ2n) is 9.73. The van der Waals surface area contributed by atoms with Crippen LogP contribution in [-0.4, -0.2) is 25.1 Å². The van der Waals surface area contributed by atoms with Crippen molar-refractivity contribution in [3.8, 4) is 5.75 Å². The highest BCUT2D eigenvalue weighted by atomic mass is 16.5. The van der Waals surface area contributed by atoms with Crippen molar-refractivity contribution in [3.63, 3.8) is 0 Å². The Kier molecular flexibility index (Phi) is 7.24. The molecule has 1 aliphatic heterocycles. The molecule has 0 saturated carbocycles. The number of rotatable bonds is 8. The number of aryl methyl sites for hydroxylation is 2. The van der Waals surface area contributed by atoms with Crippen LogP contribution < -0.4 is 15.1 Å². The summed E-state index contributed by atoms with van der Waals surface area (Å²) >= 11 is 0. The summed E-state index contributed by atoms with van der Waals surface area (Å²) in [7, 11) is 0. The Bertz CT molecular complexity index is 1620. The zero-order valence-corrected chi connectivity index (χ0v) is 22.6. The maximum absolute atomic E-state index is 14.0. The molecule has 0 spiro atoms. The van der Waals surface area contributed by atoms with Gasteiger partial charge in [-0.3, -0.25) is 14.5 Å². The summed E-state index contributed by atoms with van der Waals surface area (Å²) in [5, 5.41) is 0.435. The van der Waals surface area contributed by atoms with E-state index in [0.29, 0.717) is 34.6 Å². The molecule has 7 nitrogen and oxygen atoms in total. The molecule has 7 heteroatoms. The Hall–Kier alpha value is -4.39. The molecule has 0 saturated heterocycles. The van der Waals surface area contributed by atoms with Gasteiger partial charge in [-0.05, 0) is 92.4 Å². The second-order valence-corrected chi connectivity index (χ2v) is 9.73. The van der Waals surface area contributed by atoms with E-state index in [1.807, 2.05) is 44.2 Å². The lowest BCUT2D eigenvalue weighted by Gasteiger charge is -2.25. The van der Waals surface area contributed by atoms with Crippen molar-refractivity contribution in [1.29, 1.82) is 0 Å². The number of anilines is 1. The van der Waals surface area contributed by atoms with Gasteiger partial charge in [-0.15, -0.1) is 0 Å². The molecule has 2 heterocycles. The van der Waals surface area contributed by atoms with E-state index in [-0.39, 0.29) is 23.4 Å². The summed E-state index contributed by atoms with van der Waals surface area (Å²) in [6, 6.07) is 16.9. The van der Waals surface area contributed by atoms with Crippen LogP contribution in [0.15, 0.2) is 69.9 Å². The summed E-state index contributed by atoms with van der Waals surface area (Å²) in [6.07, 6.45) is 1.93. The maximum atomic E-state index is 14.0. The fraction of sp³-hybridized carbons (Fsp3) is 0.281. The fourth-order valence-electron chi connectivity index (χ4n) is 4.89. The smallest absolute Gasteiger partial charge is 0.338 e. The van der Waals surface area contributed by atoms with Gasteiger partial charge in [0, 0.05) is 5.69 Å². The largest absolute Gasteiger partial charge is 0.494 e. The van der Waals surface area contributed by atoms with Gasteiger partial charge in [0.25, 0.3) is 5.91 Å². The van der Waals surface area contributed by atoms with E-state index in [1.165, 1.54) is 0 Å². The fourth-order valence-corrected chi connectivity index (χ4v) is 4.89. The van der Waals surface area contributed by atoms with E-state index < -0.39 is 17.9 Å². The predicted octanol–water partition coefficient (Wildman–Crippen LogP) is 6.52. The third kappa shape index (κ3) is 4.80. The van der Waals surface area contributed by atoms with Crippen molar-refractivity contribution in [3.05, 3.63) is 104 Å². The molecule has 5 rings (SSSR count). The quantitative estimate of drug-likeness (QED) is 0.192. The molecule has 0 N–H and O–H groups in total. The first-order valence-corrected chi connectivity index (χ1v) is 13.3. The molecule has 1 atom stereocenters. The number of hydrogen-bond acceptors (Lipinski definition) is 6. The topological polar surface area (TPSA) is 86.0 Å². The number of benzene rings is 3. The number of unbranched alkanes of at least 4 members (excludes halogenated alkanes) is 1. The molecule has 1 amide bonds. The van der Waals surface area contributed by atoms with Crippen molar-refractivity contribution in [1.82, 2.24) is 0 Å². The first-order valence-electron chi connectivity index (χ1n) is 13.3. The van der Waals surface area contributed by atoms with Crippen molar-refractivity contribution in [2.24, 2.45) is 0 Å². The average molecular weight is 526 g/mol. The zero-order chi connectivity index (χ0) is 27.7. The van der Waals surface area contributed by atoms with Gasteiger partial charge in [0.05, 0.1) is 35.8 Å². The molecule has 3 aromatic carbocycles. The molecule has 0 fully saturated rings. The minimum atomic E-state index is -0.738. The lowest BCUT2D eigenvalue weighted by Crippen LogP contribution is -2.29. The molecule has 4 aromatic rings. The number of ether oxygens (including phenoxy) is 2. The molecule has 39 heavy (non-hydrogen) atoms. The molecule has 200 valence electrons. The summed E-state index contributed by atoms with van der Waals surface area (Å²) in [5.41, 5.74) is 3.98. The predicted molar refractivity (Wildman–Crippen MR) is 150 cm³/mol. The van der Waals surface area contributed by atoms with Crippen LogP contribution in [-0.2, 0) is 4.74 Å². The third-order valence-corrected chi connectivity index (χ3v) is 7.08. The van der Waals surface area contributed by atoms with Crippen LogP contribution in [0.2, 0.25) is 0 Å². The van der Waals surface area contributed by atoms with E-state index >= 15 is 0 Å². The van der Waals surface area contributed by atoms with Crippen LogP contribution in [0.25, 0.3) is 11.0 Å². The van der Waals surface area contributed by atoms with Crippen LogP contribution in [0.3, 0.4) is 0 Å². The van der Waals surface area contributed by atoms with Crippen LogP contribution in [0.1, 0.15) is 75.9 Å². The van der Waals surface area contributed by atoms with Crippen LogP contribution in [0, 0.1) is 13.8 Å². The molecule has 0 aliphatic carbocycles. The van der Waals surface area contributed by atoms with Crippen molar-refractivity contribution in [2.75, 3.05) is 18.1 Å². The van der Waals surface area contributed by atoms with Gasteiger partial charge in [0.15, 0.2) is 5.43 Å². The SMILES string of the molecule is CCCCOc1cccc(C2c3c(oc4cc(C)c(C)cc4c3=O)C(=O)N2c2ccc(C(=O)OCC)cc2)c1. The van der Waals surface area contributed by atoms with Gasteiger partial charge in [0.1, 0.15) is 11.3 Å². The first kappa shape index (κ1) is 26.2. The molecule has 1 aromatic heterocycles. The summed E-state index contributed by atoms with van der Waals surface area (Å²) in [6.45, 7) is 8.56. The van der Waals surface area contributed by atoms with Crippen molar-refractivity contribution in [2.45, 2.75) is 46.6 Å². The normalized spacial score (nSPS) is 14.5. The molecule has 1 aliphatic rings. The van der Waals surface area contributed by atoms with Crippen LogP contribution in [0.5, 0.6) is 5.75 Å². The van der Waals surface area contributed by atoms with E-state index in [2.05, 4.69) is 6.92 Å². The molecular formula is C32H31NO6. The third-order valence-electron chi connectivity index (χ3n) is 7.08. The first-order chi connectivity index (χ1) is 18.8. The lowest BCUT2D eigenvalue weighted by atomic mass is 9.97. The Balaban J connectivity index is 1.68.